The first-order valence-corrected chi connectivity index (χ1v) is 8.15. The molecule has 0 bridgehead atoms. The van der Waals surface area contributed by atoms with E-state index >= 15 is 0 Å². The Morgan fingerprint density at radius 2 is 1.73 bits per heavy atom. The lowest BCUT2D eigenvalue weighted by Crippen LogP contribution is -2.62. The van der Waals surface area contributed by atoms with Gasteiger partial charge in [0.15, 0.2) is 0 Å². The Labute approximate surface area is 135 Å². The molecule has 1 rings (SSSR count). The van der Waals surface area contributed by atoms with Crippen LogP contribution in [0, 0.1) is 5.92 Å². The predicted molar refractivity (Wildman–Crippen MR) is 86.6 cm³/mol. The second kappa shape index (κ2) is 7.86. The van der Waals surface area contributed by atoms with Gasteiger partial charge in [-0.2, -0.15) is 0 Å². The normalized spacial score (nSPS) is 23.4. The van der Waals surface area contributed by atoms with Crippen molar-refractivity contribution in [2.75, 3.05) is 26.9 Å². The standard InChI is InChI=1S/C17H33NO4/c1-13(14(2)19)12-22-21-9-8-18-16(3,4)10-15(20-7)11-17(18,5)6/h13,15H,8-12H2,1-7H3. The summed E-state index contributed by atoms with van der Waals surface area (Å²) in [7, 11) is 1.79. The Kier molecular flexibility index (Phi) is 6.99. The van der Waals surface area contributed by atoms with Gasteiger partial charge in [0, 0.05) is 30.7 Å². The van der Waals surface area contributed by atoms with Crippen LogP contribution < -0.4 is 0 Å². The van der Waals surface area contributed by atoms with E-state index in [1.54, 1.807) is 14.0 Å². The zero-order valence-electron chi connectivity index (χ0n) is 15.3. The molecule has 1 saturated heterocycles. The predicted octanol–water partition coefficient (Wildman–Crippen LogP) is 2.83. The fourth-order valence-corrected chi connectivity index (χ4v) is 3.45. The Morgan fingerprint density at radius 1 is 1.18 bits per heavy atom. The van der Waals surface area contributed by atoms with Crippen molar-refractivity contribution in [3.05, 3.63) is 0 Å². The Hall–Kier alpha value is -0.490. The smallest absolute Gasteiger partial charge is 0.135 e. The van der Waals surface area contributed by atoms with Gasteiger partial charge in [0.1, 0.15) is 5.78 Å². The zero-order chi connectivity index (χ0) is 17.0. The lowest BCUT2D eigenvalue weighted by molar-refractivity contribution is -0.303. The molecule has 1 aliphatic rings. The molecule has 0 aromatic carbocycles. The Morgan fingerprint density at radius 3 is 2.18 bits per heavy atom. The van der Waals surface area contributed by atoms with Crippen molar-refractivity contribution in [1.82, 2.24) is 4.90 Å². The molecule has 1 unspecified atom stereocenters. The number of ketones is 1. The second-order valence-corrected chi connectivity index (χ2v) is 7.66. The number of likely N-dealkylation sites (tertiary alicyclic amines) is 1. The van der Waals surface area contributed by atoms with Gasteiger partial charge in [-0.3, -0.25) is 9.69 Å². The third-order valence-electron chi connectivity index (χ3n) is 4.74. The fraction of sp³-hybridized carbons (Fsp3) is 0.941. The molecule has 0 spiro atoms. The summed E-state index contributed by atoms with van der Waals surface area (Å²) in [5, 5.41) is 0. The highest BCUT2D eigenvalue weighted by atomic mass is 17.2. The molecule has 1 fully saturated rings. The first-order chi connectivity index (χ1) is 10.1. The number of ether oxygens (including phenoxy) is 1. The maximum absolute atomic E-state index is 11.1. The van der Waals surface area contributed by atoms with Gasteiger partial charge in [0.25, 0.3) is 0 Å². The van der Waals surface area contributed by atoms with Crippen LogP contribution >= 0.6 is 0 Å². The van der Waals surface area contributed by atoms with Crippen LogP contribution in [0.3, 0.4) is 0 Å². The number of methoxy groups -OCH3 is 1. The largest absolute Gasteiger partial charge is 0.381 e. The molecule has 0 N–H and O–H groups in total. The highest BCUT2D eigenvalue weighted by molar-refractivity contribution is 5.77. The van der Waals surface area contributed by atoms with E-state index in [-0.39, 0.29) is 22.8 Å². The van der Waals surface area contributed by atoms with Gasteiger partial charge < -0.3 is 4.74 Å². The molecular weight excluding hydrogens is 282 g/mol. The average Bonchev–Trinajstić information content (AvgIpc) is 2.39. The number of rotatable bonds is 8. The summed E-state index contributed by atoms with van der Waals surface area (Å²) < 4.78 is 5.59. The number of hydrogen-bond donors (Lipinski definition) is 0. The zero-order valence-corrected chi connectivity index (χ0v) is 15.3. The van der Waals surface area contributed by atoms with E-state index in [2.05, 4.69) is 32.6 Å². The van der Waals surface area contributed by atoms with Crippen molar-refractivity contribution in [3.63, 3.8) is 0 Å². The van der Waals surface area contributed by atoms with E-state index in [4.69, 9.17) is 14.5 Å². The lowest BCUT2D eigenvalue weighted by atomic mass is 9.78. The molecule has 22 heavy (non-hydrogen) atoms. The number of carbonyl (C=O) groups is 1. The minimum atomic E-state index is -0.120. The average molecular weight is 315 g/mol. The van der Waals surface area contributed by atoms with Gasteiger partial charge in [-0.1, -0.05) is 6.92 Å². The van der Waals surface area contributed by atoms with Crippen LogP contribution in [-0.2, 0) is 19.3 Å². The molecule has 1 heterocycles. The molecule has 5 nitrogen and oxygen atoms in total. The van der Waals surface area contributed by atoms with Gasteiger partial charge in [-0.05, 0) is 47.5 Å². The van der Waals surface area contributed by atoms with Crippen LogP contribution in [0.4, 0.5) is 0 Å². The first-order valence-electron chi connectivity index (χ1n) is 8.15. The van der Waals surface area contributed by atoms with Crippen molar-refractivity contribution < 1.29 is 19.3 Å². The summed E-state index contributed by atoms with van der Waals surface area (Å²) in [6.45, 7) is 14.0. The minimum Gasteiger partial charge on any atom is -0.381 e. The summed E-state index contributed by atoms with van der Waals surface area (Å²) in [4.78, 5) is 24.0. The van der Waals surface area contributed by atoms with Crippen molar-refractivity contribution in [1.29, 1.82) is 0 Å². The molecule has 0 radical (unpaired) electrons. The molecule has 1 atom stereocenters. The van der Waals surface area contributed by atoms with E-state index in [0.717, 1.165) is 19.4 Å². The Bertz CT molecular complexity index is 350. The van der Waals surface area contributed by atoms with Crippen LogP contribution in [0.15, 0.2) is 0 Å². The van der Waals surface area contributed by atoms with Crippen molar-refractivity contribution in [3.8, 4) is 0 Å². The number of nitrogens with zero attached hydrogens (tertiary/aromatic N) is 1. The lowest BCUT2D eigenvalue weighted by Gasteiger charge is -2.55. The van der Waals surface area contributed by atoms with Crippen LogP contribution in [0.25, 0.3) is 0 Å². The fourth-order valence-electron chi connectivity index (χ4n) is 3.45. The third kappa shape index (κ3) is 5.30. The summed E-state index contributed by atoms with van der Waals surface area (Å²) >= 11 is 0. The van der Waals surface area contributed by atoms with Gasteiger partial charge >= 0.3 is 0 Å². The van der Waals surface area contributed by atoms with E-state index in [0.29, 0.717) is 19.3 Å². The number of Topliss-reactive ketones (excluding diaryl/α,β-unsaturated/α-hetero) is 1. The number of carbonyl (C=O) groups excluding carboxylic acids is 1. The van der Waals surface area contributed by atoms with Gasteiger partial charge in [0.2, 0.25) is 0 Å². The highest BCUT2D eigenvalue weighted by Crippen LogP contribution is 2.38. The van der Waals surface area contributed by atoms with Crippen LogP contribution in [0.5, 0.6) is 0 Å². The topological polar surface area (TPSA) is 48.0 Å². The molecular formula is C17H33NO4. The monoisotopic (exact) mass is 315 g/mol. The van der Waals surface area contributed by atoms with Crippen molar-refractivity contribution in [2.24, 2.45) is 5.92 Å². The third-order valence-corrected chi connectivity index (χ3v) is 4.74. The molecule has 0 aromatic heterocycles. The molecule has 0 aliphatic carbocycles. The van der Waals surface area contributed by atoms with E-state index < -0.39 is 0 Å². The van der Waals surface area contributed by atoms with E-state index in [1.165, 1.54) is 0 Å². The summed E-state index contributed by atoms with van der Waals surface area (Å²) in [5.74, 6) is -0.00201. The second-order valence-electron chi connectivity index (χ2n) is 7.66. The first kappa shape index (κ1) is 19.6. The quantitative estimate of drug-likeness (QED) is 0.391. The minimum absolute atomic E-state index is 0.0540. The van der Waals surface area contributed by atoms with Crippen molar-refractivity contribution in [2.45, 2.75) is 71.6 Å². The van der Waals surface area contributed by atoms with E-state index in [1.807, 2.05) is 6.92 Å². The molecule has 5 heteroatoms. The molecule has 0 aromatic rings. The van der Waals surface area contributed by atoms with Crippen LogP contribution in [0.1, 0.15) is 54.4 Å². The van der Waals surface area contributed by atoms with Crippen LogP contribution in [-0.4, -0.2) is 54.7 Å². The maximum Gasteiger partial charge on any atom is 0.135 e. The maximum atomic E-state index is 11.1. The molecule has 130 valence electrons. The molecule has 0 saturated carbocycles. The highest BCUT2D eigenvalue weighted by Gasteiger charge is 2.45. The summed E-state index contributed by atoms with van der Waals surface area (Å²) in [6, 6.07) is 0. The van der Waals surface area contributed by atoms with Gasteiger partial charge in [0.05, 0.1) is 19.3 Å². The Balaban J connectivity index is 2.45. The van der Waals surface area contributed by atoms with Crippen LogP contribution in [0.2, 0.25) is 0 Å². The number of hydrogen-bond acceptors (Lipinski definition) is 5. The summed E-state index contributed by atoms with van der Waals surface area (Å²) in [6.07, 6.45) is 2.32. The van der Waals surface area contributed by atoms with Gasteiger partial charge in [-0.15, -0.1) is 0 Å². The molecule has 1 aliphatic heterocycles. The van der Waals surface area contributed by atoms with E-state index in [9.17, 15) is 4.79 Å². The molecule has 0 amide bonds. The summed E-state index contributed by atoms with van der Waals surface area (Å²) in [5.41, 5.74) is 0.108. The van der Waals surface area contributed by atoms with Gasteiger partial charge in [-0.25, -0.2) is 9.78 Å². The number of piperidine rings is 1. The SMILES string of the molecule is COC1CC(C)(C)N(CCOOCC(C)C(C)=O)C(C)(C)C1. The van der Waals surface area contributed by atoms with Crippen molar-refractivity contribution >= 4 is 5.78 Å².